The van der Waals surface area contributed by atoms with Crippen LogP contribution in [0.15, 0.2) is 29.2 Å². The Balaban J connectivity index is 1.64. The molecule has 2 aliphatic rings. The van der Waals surface area contributed by atoms with Crippen molar-refractivity contribution in [2.45, 2.75) is 30.2 Å². The summed E-state index contributed by atoms with van der Waals surface area (Å²) in [5, 5.41) is 0. The van der Waals surface area contributed by atoms with Gasteiger partial charge in [-0.1, -0.05) is 12.1 Å². The van der Waals surface area contributed by atoms with E-state index in [9.17, 15) is 4.79 Å². The smallest absolute Gasteiger partial charge is 0.176 e. The number of ketones is 1. The molecule has 0 aromatic heterocycles. The highest BCUT2D eigenvalue weighted by molar-refractivity contribution is 7.98. The molecular weight excluding hydrogens is 242 g/mol. The monoisotopic (exact) mass is 261 g/mol. The molecule has 0 spiro atoms. The van der Waals surface area contributed by atoms with Crippen LogP contribution in [0.1, 0.15) is 29.6 Å². The van der Waals surface area contributed by atoms with Gasteiger partial charge in [-0.2, -0.15) is 0 Å². The lowest BCUT2D eigenvalue weighted by Crippen LogP contribution is -2.36. The van der Waals surface area contributed by atoms with Crippen LogP contribution in [0.5, 0.6) is 0 Å². The molecule has 0 amide bonds. The first kappa shape index (κ1) is 12.2. The molecule has 1 aromatic carbocycles. The second-order valence-corrected chi connectivity index (χ2v) is 6.29. The van der Waals surface area contributed by atoms with Crippen LogP contribution in [0.25, 0.3) is 0 Å². The molecule has 3 rings (SSSR count). The topological polar surface area (TPSA) is 20.3 Å². The quantitative estimate of drug-likeness (QED) is 0.613. The van der Waals surface area contributed by atoms with Gasteiger partial charge in [0.15, 0.2) is 5.78 Å². The summed E-state index contributed by atoms with van der Waals surface area (Å²) in [6.07, 6.45) is 6.04. The molecule has 2 atom stereocenters. The second-order valence-electron chi connectivity index (χ2n) is 5.41. The number of carbonyl (C=O) groups excluding carboxylic acids is 1. The third-order valence-electron chi connectivity index (χ3n) is 4.28. The van der Waals surface area contributed by atoms with Crippen molar-refractivity contribution in [3.05, 3.63) is 29.8 Å². The average Bonchev–Trinajstić information content (AvgIpc) is 3.01. The Morgan fingerprint density at radius 2 is 2.11 bits per heavy atom. The first-order chi connectivity index (χ1) is 8.76. The lowest BCUT2D eigenvalue weighted by molar-refractivity contribution is 0.0905. The van der Waals surface area contributed by atoms with E-state index in [0.29, 0.717) is 12.6 Å². The first-order valence-electron chi connectivity index (χ1n) is 6.67. The molecule has 0 N–H and O–H groups in total. The molecule has 2 fully saturated rings. The summed E-state index contributed by atoms with van der Waals surface area (Å²) >= 11 is 1.71. The van der Waals surface area contributed by atoms with E-state index in [4.69, 9.17) is 0 Å². The zero-order valence-electron chi connectivity index (χ0n) is 10.8. The normalized spacial score (nSPS) is 26.7. The van der Waals surface area contributed by atoms with Gasteiger partial charge in [0.1, 0.15) is 0 Å². The highest BCUT2D eigenvalue weighted by Crippen LogP contribution is 2.37. The molecule has 18 heavy (non-hydrogen) atoms. The fourth-order valence-electron chi connectivity index (χ4n) is 3.27. The number of piperidine rings is 1. The van der Waals surface area contributed by atoms with Crippen LogP contribution < -0.4 is 0 Å². The molecule has 0 radical (unpaired) electrons. The number of rotatable bonds is 4. The third kappa shape index (κ3) is 2.34. The maximum Gasteiger partial charge on any atom is 0.176 e. The minimum atomic E-state index is 0.273. The Kier molecular flexibility index (Phi) is 3.44. The van der Waals surface area contributed by atoms with Crippen molar-refractivity contribution < 1.29 is 4.79 Å². The molecule has 1 aromatic rings. The van der Waals surface area contributed by atoms with Crippen LogP contribution in [0.4, 0.5) is 0 Å². The maximum atomic E-state index is 12.2. The molecule has 1 saturated carbocycles. The van der Waals surface area contributed by atoms with Crippen molar-refractivity contribution in [2.24, 2.45) is 5.92 Å². The number of fused-ring (bicyclic) bond motifs is 2. The van der Waals surface area contributed by atoms with Gasteiger partial charge in [0.05, 0.1) is 6.54 Å². The first-order valence-corrected chi connectivity index (χ1v) is 7.90. The third-order valence-corrected chi connectivity index (χ3v) is 5.02. The number of Topliss-reactive ketones (excluding diaryl/α,β-unsaturated/α-hetero) is 1. The standard InChI is InChI=1S/C15H19NOS/c1-18-14-6-3-12(4-7-14)15(17)10-16-9-11-2-5-13(16)8-11/h3-4,6-7,11,13H,2,5,8-10H2,1H3. The Labute approximate surface area is 113 Å². The van der Waals surface area contributed by atoms with Gasteiger partial charge in [-0.25, -0.2) is 0 Å². The summed E-state index contributed by atoms with van der Waals surface area (Å²) in [6, 6.07) is 8.68. The zero-order chi connectivity index (χ0) is 12.5. The van der Waals surface area contributed by atoms with E-state index in [1.165, 1.54) is 24.2 Å². The molecule has 1 saturated heterocycles. The molecule has 1 aliphatic carbocycles. The fourth-order valence-corrected chi connectivity index (χ4v) is 3.68. The predicted molar refractivity (Wildman–Crippen MR) is 75.3 cm³/mol. The Bertz CT molecular complexity index is 442. The van der Waals surface area contributed by atoms with Gasteiger partial charge < -0.3 is 0 Å². The van der Waals surface area contributed by atoms with Crippen LogP contribution in [0.2, 0.25) is 0 Å². The molecule has 1 heterocycles. The number of nitrogens with zero attached hydrogens (tertiary/aromatic N) is 1. The molecule has 3 heteroatoms. The van der Waals surface area contributed by atoms with Gasteiger partial charge >= 0.3 is 0 Å². The number of carbonyl (C=O) groups is 1. The number of hydrogen-bond donors (Lipinski definition) is 0. The van der Waals surface area contributed by atoms with Crippen LogP contribution in [-0.4, -0.2) is 36.1 Å². The summed E-state index contributed by atoms with van der Waals surface area (Å²) < 4.78 is 0. The van der Waals surface area contributed by atoms with Gasteiger partial charge in [0, 0.05) is 23.0 Å². The Morgan fingerprint density at radius 3 is 2.67 bits per heavy atom. The SMILES string of the molecule is CSc1ccc(C(=O)CN2CC3CCC2C3)cc1. The van der Waals surface area contributed by atoms with Crippen molar-refractivity contribution in [3.63, 3.8) is 0 Å². The molecular formula is C15H19NOS. The highest BCUT2D eigenvalue weighted by atomic mass is 32.2. The minimum absolute atomic E-state index is 0.273. The molecule has 96 valence electrons. The number of likely N-dealkylation sites (tertiary alicyclic amines) is 1. The Hall–Kier alpha value is -0.800. The molecule has 2 bridgehead atoms. The van der Waals surface area contributed by atoms with Crippen LogP contribution in [0, 0.1) is 5.92 Å². The Morgan fingerprint density at radius 1 is 1.33 bits per heavy atom. The van der Waals surface area contributed by atoms with Crippen molar-refractivity contribution in [3.8, 4) is 0 Å². The summed E-state index contributed by atoms with van der Waals surface area (Å²) in [7, 11) is 0. The van der Waals surface area contributed by atoms with Crippen LogP contribution >= 0.6 is 11.8 Å². The van der Waals surface area contributed by atoms with Gasteiger partial charge in [0.2, 0.25) is 0 Å². The van der Waals surface area contributed by atoms with E-state index in [2.05, 4.69) is 11.2 Å². The summed E-state index contributed by atoms with van der Waals surface area (Å²) in [4.78, 5) is 15.8. The van der Waals surface area contributed by atoms with Gasteiger partial charge in [-0.15, -0.1) is 11.8 Å². The number of hydrogen-bond acceptors (Lipinski definition) is 3. The average molecular weight is 261 g/mol. The van der Waals surface area contributed by atoms with Gasteiger partial charge in [-0.3, -0.25) is 9.69 Å². The predicted octanol–water partition coefficient (Wildman–Crippen LogP) is 3.08. The molecule has 2 unspecified atom stereocenters. The fraction of sp³-hybridized carbons (Fsp3) is 0.533. The maximum absolute atomic E-state index is 12.2. The molecule has 1 aliphatic heterocycles. The van der Waals surface area contributed by atoms with Crippen molar-refractivity contribution in [1.82, 2.24) is 4.90 Å². The van der Waals surface area contributed by atoms with E-state index in [1.54, 1.807) is 11.8 Å². The zero-order valence-corrected chi connectivity index (χ0v) is 11.6. The summed E-state index contributed by atoms with van der Waals surface area (Å²) in [6.45, 7) is 1.75. The lowest BCUT2D eigenvalue weighted by atomic mass is 10.1. The van der Waals surface area contributed by atoms with Crippen molar-refractivity contribution in [1.29, 1.82) is 0 Å². The van der Waals surface area contributed by atoms with Gasteiger partial charge in [-0.05, 0) is 43.6 Å². The highest BCUT2D eigenvalue weighted by Gasteiger charge is 2.38. The minimum Gasteiger partial charge on any atom is -0.293 e. The summed E-state index contributed by atoms with van der Waals surface area (Å²) in [5.74, 6) is 1.14. The molecule has 2 nitrogen and oxygen atoms in total. The van der Waals surface area contributed by atoms with Crippen LogP contribution in [-0.2, 0) is 0 Å². The number of thioether (sulfide) groups is 1. The van der Waals surface area contributed by atoms with E-state index in [0.717, 1.165) is 18.0 Å². The number of benzene rings is 1. The summed E-state index contributed by atoms with van der Waals surface area (Å²) in [5.41, 5.74) is 0.857. The van der Waals surface area contributed by atoms with Crippen molar-refractivity contribution in [2.75, 3.05) is 19.3 Å². The van der Waals surface area contributed by atoms with E-state index >= 15 is 0 Å². The van der Waals surface area contributed by atoms with Crippen molar-refractivity contribution >= 4 is 17.5 Å². The van der Waals surface area contributed by atoms with E-state index in [1.807, 2.05) is 24.3 Å². The largest absolute Gasteiger partial charge is 0.293 e. The lowest BCUT2D eigenvalue weighted by Gasteiger charge is -2.25. The second kappa shape index (κ2) is 5.06. The van der Waals surface area contributed by atoms with E-state index < -0.39 is 0 Å². The van der Waals surface area contributed by atoms with Crippen LogP contribution in [0.3, 0.4) is 0 Å². The van der Waals surface area contributed by atoms with Gasteiger partial charge in [0.25, 0.3) is 0 Å². The van der Waals surface area contributed by atoms with E-state index in [-0.39, 0.29) is 5.78 Å².